The molecule has 1 saturated heterocycles. The molecule has 1 fully saturated rings. The first-order chi connectivity index (χ1) is 9.87. The van der Waals surface area contributed by atoms with Crippen molar-refractivity contribution in [2.75, 3.05) is 13.1 Å². The van der Waals surface area contributed by atoms with Crippen LogP contribution in [0.15, 0.2) is 29.2 Å². The number of hydrogen-bond donors (Lipinski definition) is 1. The van der Waals surface area contributed by atoms with Gasteiger partial charge in [-0.3, -0.25) is 4.90 Å². The lowest BCUT2D eigenvalue weighted by molar-refractivity contribution is -0.0328. The number of alkyl halides is 3. The Morgan fingerprint density at radius 1 is 1.29 bits per heavy atom. The lowest BCUT2D eigenvalue weighted by Crippen LogP contribution is -2.46. The molecule has 21 heavy (non-hydrogen) atoms. The summed E-state index contributed by atoms with van der Waals surface area (Å²) in [6, 6.07) is 6.92. The number of halogens is 3. The molecule has 2 unspecified atom stereocenters. The number of nitrogens with two attached hydrogens (primary N) is 1. The maximum Gasteiger partial charge on any atom is 0.446 e. The number of likely N-dealkylation sites (tertiary alicyclic amines) is 1. The molecule has 6 heteroatoms. The first-order valence-electron chi connectivity index (χ1n) is 7.20. The van der Waals surface area contributed by atoms with Gasteiger partial charge in [-0.15, -0.1) is 0 Å². The smallest absolute Gasteiger partial charge is 0.327 e. The van der Waals surface area contributed by atoms with E-state index in [0.717, 1.165) is 38.0 Å². The Kier molecular flexibility index (Phi) is 5.57. The van der Waals surface area contributed by atoms with Crippen molar-refractivity contribution >= 4 is 11.8 Å². The Labute approximate surface area is 127 Å². The predicted octanol–water partition coefficient (Wildman–Crippen LogP) is 3.86. The second kappa shape index (κ2) is 7.03. The molecular formula is C15H21F3N2S. The molecule has 1 heterocycles. The Balaban J connectivity index is 1.91. The van der Waals surface area contributed by atoms with Crippen LogP contribution in [0.3, 0.4) is 0 Å². The minimum atomic E-state index is -4.22. The van der Waals surface area contributed by atoms with Gasteiger partial charge >= 0.3 is 5.51 Å². The van der Waals surface area contributed by atoms with Gasteiger partial charge in [-0.05, 0) is 48.3 Å². The van der Waals surface area contributed by atoms with E-state index in [4.69, 9.17) is 5.73 Å². The van der Waals surface area contributed by atoms with Crippen LogP contribution in [0.2, 0.25) is 0 Å². The van der Waals surface area contributed by atoms with Crippen LogP contribution in [0, 0.1) is 5.92 Å². The highest BCUT2D eigenvalue weighted by Crippen LogP contribution is 2.36. The van der Waals surface area contributed by atoms with Crippen LogP contribution < -0.4 is 5.73 Å². The number of thioether (sulfide) groups is 1. The van der Waals surface area contributed by atoms with Crippen molar-refractivity contribution in [3.8, 4) is 0 Å². The molecule has 0 aromatic heterocycles. The van der Waals surface area contributed by atoms with Gasteiger partial charge in [0.25, 0.3) is 0 Å². The Morgan fingerprint density at radius 2 is 1.95 bits per heavy atom. The standard InChI is InChI=1S/C15H21F3N2S/c1-2-12-10-20(8-7-14(12)19)9-11-3-5-13(6-4-11)21-15(16,17)18/h3-6,12,14H,2,7-10,19H2,1H3. The van der Waals surface area contributed by atoms with Crippen LogP contribution >= 0.6 is 11.8 Å². The Morgan fingerprint density at radius 3 is 2.52 bits per heavy atom. The van der Waals surface area contributed by atoms with Crippen LogP contribution in [0.5, 0.6) is 0 Å². The first kappa shape index (κ1) is 16.6. The van der Waals surface area contributed by atoms with Crippen molar-refractivity contribution in [1.29, 1.82) is 0 Å². The van der Waals surface area contributed by atoms with Gasteiger partial charge in [-0.1, -0.05) is 25.5 Å². The molecule has 2 nitrogen and oxygen atoms in total. The molecule has 1 aromatic carbocycles. The van der Waals surface area contributed by atoms with Crippen molar-refractivity contribution in [1.82, 2.24) is 4.90 Å². The summed E-state index contributed by atoms with van der Waals surface area (Å²) in [5.41, 5.74) is 2.91. The van der Waals surface area contributed by atoms with E-state index in [1.165, 1.54) is 0 Å². The van der Waals surface area contributed by atoms with E-state index in [2.05, 4.69) is 11.8 Å². The van der Waals surface area contributed by atoms with Crippen LogP contribution in [-0.4, -0.2) is 29.5 Å². The molecule has 0 radical (unpaired) electrons. The molecule has 1 aliphatic heterocycles. The number of rotatable bonds is 4. The maximum absolute atomic E-state index is 12.3. The second-order valence-corrected chi connectivity index (χ2v) is 6.69. The third-order valence-corrected chi connectivity index (χ3v) is 4.70. The van der Waals surface area contributed by atoms with Crippen molar-refractivity contribution in [3.63, 3.8) is 0 Å². The van der Waals surface area contributed by atoms with Gasteiger partial charge in [0.05, 0.1) is 0 Å². The lowest BCUT2D eigenvalue weighted by atomic mass is 9.90. The summed E-state index contributed by atoms with van der Waals surface area (Å²) >= 11 is -0.0703. The Hall–Kier alpha value is -0.720. The molecule has 0 bridgehead atoms. The van der Waals surface area contributed by atoms with Crippen molar-refractivity contribution in [2.45, 2.75) is 42.8 Å². The average molecular weight is 318 g/mol. The summed E-state index contributed by atoms with van der Waals surface area (Å²) in [4.78, 5) is 2.57. The number of hydrogen-bond acceptors (Lipinski definition) is 3. The van der Waals surface area contributed by atoms with Gasteiger partial charge in [0.2, 0.25) is 0 Å². The molecule has 1 aliphatic rings. The summed E-state index contributed by atoms with van der Waals surface area (Å²) in [5.74, 6) is 0.513. The largest absolute Gasteiger partial charge is 0.446 e. The van der Waals surface area contributed by atoms with Crippen LogP contribution in [0.1, 0.15) is 25.3 Å². The SMILES string of the molecule is CCC1CN(Cc2ccc(SC(F)(F)F)cc2)CCC1N. The number of nitrogens with zero attached hydrogens (tertiary/aromatic N) is 1. The molecule has 2 N–H and O–H groups in total. The normalized spacial score (nSPS) is 24.2. The molecular weight excluding hydrogens is 297 g/mol. The molecule has 0 saturated carbocycles. The van der Waals surface area contributed by atoms with E-state index in [1.807, 2.05) is 0 Å². The Bertz CT molecular complexity index is 447. The van der Waals surface area contributed by atoms with Gasteiger partial charge in [-0.25, -0.2) is 0 Å². The zero-order valence-corrected chi connectivity index (χ0v) is 12.9. The summed E-state index contributed by atoms with van der Waals surface area (Å²) < 4.78 is 36.8. The molecule has 0 spiro atoms. The van der Waals surface area contributed by atoms with Crippen molar-refractivity contribution in [3.05, 3.63) is 29.8 Å². The second-order valence-electron chi connectivity index (χ2n) is 5.55. The highest BCUT2D eigenvalue weighted by atomic mass is 32.2. The maximum atomic E-state index is 12.3. The van der Waals surface area contributed by atoms with Crippen molar-refractivity contribution < 1.29 is 13.2 Å². The van der Waals surface area contributed by atoms with Gasteiger partial charge < -0.3 is 5.73 Å². The molecule has 2 rings (SSSR count). The molecule has 2 atom stereocenters. The van der Waals surface area contributed by atoms with E-state index in [1.54, 1.807) is 24.3 Å². The number of benzene rings is 1. The van der Waals surface area contributed by atoms with Gasteiger partial charge in [0.15, 0.2) is 0 Å². The van der Waals surface area contributed by atoms with Gasteiger partial charge in [0.1, 0.15) is 0 Å². The summed E-state index contributed by atoms with van der Waals surface area (Å²) in [7, 11) is 0. The minimum Gasteiger partial charge on any atom is -0.327 e. The highest BCUT2D eigenvalue weighted by Gasteiger charge is 2.29. The van der Waals surface area contributed by atoms with Crippen LogP contribution in [0.4, 0.5) is 13.2 Å². The minimum absolute atomic E-state index is 0.0703. The van der Waals surface area contributed by atoms with Crippen LogP contribution in [0.25, 0.3) is 0 Å². The van der Waals surface area contributed by atoms with Crippen LogP contribution in [-0.2, 0) is 6.54 Å². The van der Waals surface area contributed by atoms with Crippen molar-refractivity contribution in [2.24, 2.45) is 11.7 Å². The number of piperidine rings is 1. The monoisotopic (exact) mass is 318 g/mol. The zero-order chi connectivity index (χ0) is 15.5. The van der Waals surface area contributed by atoms with E-state index in [-0.39, 0.29) is 22.7 Å². The molecule has 0 aliphatic carbocycles. The zero-order valence-electron chi connectivity index (χ0n) is 12.1. The van der Waals surface area contributed by atoms with E-state index < -0.39 is 5.51 Å². The third kappa shape index (κ3) is 5.20. The van der Waals surface area contributed by atoms with Gasteiger partial charge in [0, 0.05) is 24.0 Å². The summed E-state index contributed by atoms with van der Waals surface area (Å²) in [6.07, 6.45) is 2.05. The summed E-state index contributed by atoms with van der Waals surface area (Å²) in [5, 5.41) is 0. The third-order valence-electron chi connectivity index (χ3n) is 3.96. The van der Waals surface area contributed by atoms with E-state index in [9.17, 15) is 13.2 Å². The lowest BCUT2D eigenvalue weighted by Gasteiger charge is -2.36. The molecule has 0 amide bonds. The molecule has 1 aromatic rings. The first-order valence-corrected chi connectivity index (χ1v) is 8.01. The topological polar surface area (TPSA) is 29.3 Å². The van der Waals surface area contributed by atoms with E-state index >= 15 is 0 Å². The highest BCUT2D eigenvalue weighted by molar-refractivity contribution is 8.00. The average Bonchev–Trinajstić information content (AvgIpc) is 2.41. The fourth-order valence-corrected chi connectivity index (χ4v) is 3.30. The predicted molar refractivity (Wildman–Crippen MR) is 80.0 cm³/mol. The van der Waals surface area contributed by atoms with Gasteiger partial charge in [-0.2, -0.15) is 13.2 Å². The fourth-order valence-electron chi connectivity index (χ4n) is 2.76. The quantitative estimate of drug-likeness (QED) is 0.855. The molecule has 118 valence electrons. The summed E-state index contributed by atoms with van der Waals surface area (Å²) in [6.45, 7) is 4.85. The van der Waals surface area contributed by atoms with E-state index in [0.29, 0.717) is 5.92 Å². The fraction of sp³-hybridized carbons (Fsp3) is 0.600.